The largest absolute Gasteiger partial charge is 0.395 e. The molecule has 1 unspecified atom stereocenters. The highest BCUT2D eigenvalue weighted by atomic mass is 35.5. The maximum atomic E-state index is 8.67. The van der Waals surface area contributed by atoms with E-state index in [1.54, 1.807) is 0 Å². The SMILES string of the molecule is Cl.NC(CO)C1CCCC1. The Kier molecular flexibility index (Phi) is 5.04. The minimum Gasteiger partial charge on any atom is -0.395 e. The lowest BCUT2D eigenvalue weighted by molar-refractivity contribution is 0.227. The molecule has 3 heteroatoms. The number of hydrogen-bond acceptors (Lipinski definition) is 2. The lowest BCUT2D eigenvalue weighted by Crippen LogP contribution is -2.31. The summed E-state index contributed by atoms with van der Waals surface area (Å²) in [6, 6.07) is 0.0486. The lowest BCUT2D eigenvalue weighted by Gasteiger charge is -2.14. The van der Waals surface area contributed by atoms with Crippen LogP contribution in [0.2, 0.25) is 0 Å². The first-order chi connectivity index (χ1) is 4.34. The van der Waals surface area contributed by atoms with E-state index in [9.17, 15) is 0 Å². The fourth-order valence-electron chi connectivity index (χ4n) is 1.53. The monoisotopic (exact) mass is 165 g/mol. The Balaban J connectivity index is 0.000000810. The summed E-state index contributed by atoms with van der Waals surface area (Å²) in [4.78, 5) is 0. The van der Waals surface area contributed by atoms with Crippen molar-refractivity contribution in [1.29, 1.82) is 0 Å². The van der Waals surface area contributed by atoms with Gasteiger partial charge in [-0.2, -0.15) is 0 Å². The molecule has 1 fully saturated rings. The predicted molar refractivity (Wildman–Crippen MR) is 44.3 cm³/mol. The van der Waals surface area contributed by atoms with Crippen molar-refractivity contribution in [2.75, 3.05) is 6.61 Å². The molecule has 0 radical (unpaired) electrons. The third kappa shape index (κ3) is 2.45. The topological polar surface area (TPSA) is 46.2 Å². The molecule has 0 aliphatic heterocycles. The molecule has 0 saturated heterocycles. The van der Waals surface area contributed by atoms with Crippen LogP contribution in [-0.2, 0) is 0 Å². The van der Waals surface area contributed by atoms with Gasteiger partial charge in [0.05, 0.1) is 6.61 Å². The molecule has 0 amide bonds. The van der Waals surface area contributed by atoms with E-state index < -0.39 is 0 Å². The van der Waals surface area contributed by atoms with Crippen LogP contribution in [0.4, 0.5) is 0 Å². The standard InChI is InChI=1S/C7H15NO.ClH/c8-7(5-9)6-3-1-2-4-6;/h6-7,9H,1-5,8H2;1H. The Morgan fingerprint density at radius 1 is 1.40 bits per heavy atom. The van der Waals surface area contributed by atoms with Crippen LogP contribution in [0.25, 0.3) is 0 Å². The predicted octanol–water partition coefficient (Wildman–Crippen LogP) is 0.918. The summed E-state index contributed by atoms with van der Waals surface area (Å²) in [5.41, 5.74) is 5.63. The van der Waals surface area contributed by atoms with Gasteiger partial charge in [-0.1, -0.05) is 12.8 Å². The lowest BCUT2D eigenvalue weighted by atomic mass is 10.0. The second-order valence-electron chi connectivity index (χ2n) is 2.89. The highest BCUT2D eigenvalue weighted by molar-refractivity contribution is 5.85. The zero-order valence-corrected chi connectivity index (χ0v) is 6.94. The second kappa shape index (κ2) is 4.94. The molecule has 1 aliphatic carbocycles. The van der Waals surface area contributed by atoms with Crippen molar-refractivity contribution in [3.05, 3.63) is 0 Å². The molecule has 0 bridgehead atoms. The fourth-order valence-corrected chi connectivity index (χ4v) is 1.53. The van der Waals surface area contributed by atoms with E-state index >= 15 is 0 Å². The Labute approximate surface area is 68.2 Å². The van der Waals surface area contributed by atoms with Gasteiger partial charge in [-0.3, -0.25) is 0 Å². The van der Waals surface area contributed by atoms with Crippen LogP contribution in [0.15, 0.2) is 0 Å². The summed E-state index contributed by atoms with van der Waals surface area (Å²) in [6.45, 7) is 0.157. The van der Waals surface area contributed by atoms with E-state index in [1.807, 2.05) is 0 Å². The van der Waals surface area contributed by atoms with E-state index in [0.29, 0.717) is 5.92 Å². The van der Waals surface area contributed by atoms with Gasteiger partial charge in [0, 0.05) is 6.04 Å². The van der Waals surface area contributed by atoms with Gasteiger partial charge in [0.1, 0.15) is 0 Å². The molecule has 3 N–H and O–H groups in total. The van der Waals surface area contributed by atoms with Crippen LogP contribution in [0.5, 0.6) is 0 Å². The first kappa shape index (κ1) is 10.2. The fraction of sp³-hybridized carbons (Fsp3) is 1.00. The molecule has 0 aromatic heterocycles. The van der Waals surface area contributed by atoms with Crippen molar-refractivity contribution >= 4 is 12.4 Å². The minimum absolute atomic E-state index is 0. The third-order valence-electron chi connectivity index (χ3n) is 2.22. The molecule has 62 valence electrons. The molecule has 10 heavy (non-hydrogen) atoms. The summed E-state index contributed by atoms with van der Waals surface area (Å²) in [5, 5.41) is 8.67. The molecular weight excluding hydrogens is 150 g/mol. The first-order valence-corrected chi connectivity index (χ1v) is 3.71. The molecular formula is C7H16ClNO. The number of rotatable bonds is 2. The third-order valence-corrected chi connectivity index (χ3v) is 2.22. The molecule has 0 aromatic rings. The molecule has 0 heterocycles. The smallest absolute Gasteiger partial charge is 0.0585 e. The number of aliphatic hydroxyl groups excluding tert-OH is 1. The van der Waals surface area contributed by atoms with Gasteiger partial charge in [-0.25, -0.2) is 0 Å². The highest BCUT2D eigenvalue weighted by Crippen LogP contribution is 2.26. The molecule has 0 aromatic carbocycles. The normalized spacial score (nSPS) is 22.2. The molecule has 0 spiro atoms. The van der Waals surface area contributed by atoms with E-state index in [4.69, 9.17) is 10.8 Å². The zero-order chi connectivity index (χ0) is 6.69. The van der Waals surface area contributed by atoms with Crippen molar-refractivity contribution < 1.29 is 5.11 Å². The minimum atomic E-state index is 0. The van der Waals surface area contributed by atoms with Gasteiger partial charge < -0.3 is 10.8 Å². The van der Waals surface area contributed by atoms with Crippen LogP contribution in [0.3, 0.4) is 0 Å². The molecule has 1 atom stereocenters. The molecule has 1 aliphatic rings. The summed E-state index contributed by atoms with van der Waals surface area (Å²) >= 11 is 0. The maximum absolute atomic E-state index is 8.67. The molecule has 1 saturated carbocycles. The van der Waals surface area contributed by atoms with E-state index in [-0.39, 0.29) is 25.1 Å². The van der Waals surface area contributed by atoms with Crippen LogP contribution < -0.4 is 5.73 Å². The molecule has 1 rings (SSSR count). The number of hydrogen-bond donors (Lipinski definition) is 2. The highest BCUT2D eigenvalue weighted by Gasteiger charge is 2.20. The Bertz CT molecular complexity index is 83.7. The van der Waals surface area contributed by atoms with Crippen LogP contribution >= 0.6 is 12.4 Å². The Morgan fingerprint density at radius 2 is 1.90 bits per heavy atom. The number of halogens is 1. The second-order valence-corrected chi connectivity index (χ2v) is 2.89. The Hall–Kier alpha value is 0.210. The number of nitrogens with two attached hydrogens (primary N) is 1. The zero-order valence-electron chi connectivity index (χ0n) is 6.12. The summed E-state index contributed by atoms with van der Waals surface area (Å²) < 4.78 is 0. The van der Waals surface area contributed by atoms with E-state index in [0.717, 1.165) is 0 Å². The maximum Gasteiger partial charge on any atom is 0.0585 e. The average Bonchev–Trinajstić information content (AvgIpc) is 2.37. The van der Waals surface area contributed by atoms with Gasteiger partial charge in [0.15, 0.2) is 0 Å². The summed E-state index contributed by atoms with van der Waals surface area (Å²) in [7, 11) is 0. The quantitative estimate of drug-likeness (QED) is 0.639. The van der Waals surface area contributed by atoms with E-state index in [1.165, 1.54) is 25.7 Å². The van der Waals surface area contributed by atoms with Gasteiger partial charge in [-0.15, -0.1) is 12.4 Å². The van der Waals surface area contributed by atoms with Gasteiger partial charge >= 0.3 is 0 Å². The van der Waals surface area contributed by atoms with Crippen molar-refractivity contribution in [2.24, 2.45) is 11.7 Å². The van der Waals surface area contributed by atoms with Crippen molar-refractivity contribution in [2.45, 2.75) is 31.7 Å². The van der Waals surface area contributed by atoms with Gasteiger partial charge in [-0.05, 0) is 18.8 Å². The summed E-state index contributed by atoms with van der Waals surface area (Å²) in [6.07, 6.45) is 5.06. The van der Waals surface area contributed by atoms with Crippen molar-refractivity contribution in [1.82, 2.24) is 0 Å². The van der Waals surface area contributed by atoms with Crippen LogP contribution in [0.1, 0.15) is 25.7 Å². The van der Waals surface area contributed by atoms with Crippen molar-refractivity contribution in [3.8, 4) is 0 Å². The Morgan fingerprint density at radius 3 is 2.30 bits per heavy atom. The van der Waals surface area contributed by atoms with Crippen LogP contribution in [0, 0.1) is 5.92 Å². The molecule has 2 nitrogen and oxygen atoms in total. The van der Waals surface area contributed by atoms with Gasteiger partial charge in [0.2, 0.25) is 0 Å². The first-order valence-electron chi connectivity index (χ1n) is 3.71. The summed E-state index contributed by atoms with van der Waals surface area (Å²) in [5.74, 6) is 0.606. The number of aliphatic hydroxyl groups is 1. The van der Waals surface area contributed by atoms with Crippen LogP contribution in [-0.4, -0.2) is 17.8 Å². The average molecular weight is 166 g/mol. The van der Waals surface area contributed by atoms with E-state index in [2.05, 4.69) is 0 Å². The van der Waals surface area contributed by atoms with Gasteiger partial charge in [0.25, 0.3) is 0 Å². The van der Waals surface area contributed by atoms with Crippen molar-refractivity contribution in [3.63, 3.8) is 0 Å².